The van der Waals surface area contributed by atoms with Gasteiger partial charge in [-0.25, -0.2) is 0 Å². The van der Waals surface area contributed by atoms with Gasteiger partial charge in [0, 0.05) is 6.04 Å². The van der Waals surface area contributed by atoms with Crippen molar-refractivity contribution in [3.8, 4) is 0 Å². The first-order valence-corrected chi connectivity index (χ1v) is 7.03. The minimum Gasteiger partial charge on any atom is -0.366 e. The lowest BCUT2D eigenvalue weighted by molar-refractivity contribution is 0.755. The van der Waals surface area contributed by atoms with Gasteiger partial charge >= 0.3 is 0 Å². The van der Waals surface area contributed by atoms with Gasteiger partial charge in [-0.1, -0.05) is 36.2 Å². The summed E-state index contributed by atoms with van der Waals surface area (Å²) in [6.07, 6.45) is 2.56. The lowest BCUT2D eigenvalue weighted by Gasteiger charge is -2.13. The summed E-state index contributed by atoms with van der Waals surface area (Å²) in [4.78, 5) is 4.33. The standard InChI is InChI=1S/C13H15Cl2N5/c1-3-8(2)17-11-7-16-20-13(18-11)19-12-9(14)5-4-6-10(12)15/h4-8H,3H2,1-2H3,(H2,17,18,19,20). The lowest BCUT2D eigenvalue weighted by atomic mass is 10.3. The zero-order valence-electron chi connectivity index (χ0n) is 11.2. The smallest absolute Gasteiger partial charge is 0.249 e. The van der Waals surface area contributed by atoms with E-state index in [1.807, 2.05) is 0 Å². The second kappa shape index (κ2) is 6.72. The molecule has 1 aromatic carbocycles. The van der Waals surface area contributed by atoms with Crippen LogP contribution >= 0.6 is 23.2 Å². The van der Waals surface area contributed by atoms with E-state index >= 15 is 0 Å². The highest BCUT2D eigenvalue weighted by Gasteiger charge is 2.09. The molecular formula is C13H15Cl2N5. The van der Waals surface area contributed by atoms with Crippen LogP contribution in [-0.4, -0.2) is 21.2 Å². The Morgan fingerprint density at radius 2 is 1.95 bits per heavy atom. The summed E-state index contributed by atoms with van der Waals surface area (Å²) < 4.78 is 0. The Kier molecular flexibility index (Phi) is 4.98. The second-order valence-corrected chi connectivity index (χ2v) is 5.15. The van der Waals surface area contributed by atoms with E-state index < -0.39 is 0 Å². The van der Waals surface area contributed by atoms with E-state index in [0.29, 0.717) is 33.5 Å². The van der Waals surface area contributed by atoms with Gasteiger partial charge in [0.2, 0.25) is 5.95 Å². The molecule has 2 N–H and O–H groups in total. The van der Waals surface area contributed by atoms with Gasteiger partial charge in [-0.2, -0.15) is 10.1 Å². The van der Waals surface area contributed by atoms with Crippen LogP contribution in [0, 0.1) is 0 Å². The number of rotatable bonds is 5. The van der Waals surface area contributed by atoms with Crippen LogP contribution in [0.25, 0.3) is 0 Å². The van der Waals surface area contributed by atoms with Crippen LogP contribution in [0.5, 0.6) is 0 Å². The Labute approximate surface area is 127 Å². The van der Waals surface area contributed by atoms with Crippen molar-refractivity contribution >= 4 is 40.7 Å². The molecule has 0 amide bonds. The van der Waals surface area contributed by atoms with Crippen molar-refractivity contribution in [2.24, 2.45) is 0 Å². The van der Waals surface area contributed by atoms with Crippen LogP contribution in [-0.2, 0) is 0 Å². The molecule has 2 aromatic rings. The highest BCUT2D eigenvalue weighted by atomic mass is 35.5. The van der Waals surface area contributed by atoms with Crippen molar-refractivity contribution < 1.29 is 0 Å². The average Bonchev–Trinajstić information content (AvgIpc) is 2.43. The first-order valence-electron chi connectivity index (χ1n) is 6.27. The third-order valence-electron chi connectivity index (χ3n) is 2.77. The fourth-order valence-corrected chi connectivity index (χ4v) is 2.00. The Bertz CT molecular complexity index is 570. The molecule has 0 aliphatic rings. The van der Waals surface area contributed by atoms with Crippen molar-refractivity contribution in [2.75, 3.05) is 10.6 Å². The molecule has 0 aliphatic carbocycles. The molecule has 1 heterocycles. The molecule has 0 bridgehead atoms. The Balaban J connectivity index is 2.20. The molecule has 0 saturated heterocycles. The molecule has 1 aromatic heterocycles. The second-order valence-electron chi connectivity index (χ2n) is 4.34. The van der Waals surface area contributed by atoms with Crippen LogP contribution in [0.15, 0.2) is 24.4 Å². The van der Waals surface area contributed by atoms with Crippen molar-refractivity contribution in [3.63, 3.8) is 0 Å². The third kappa shape index (κ3) is 3.71. The number of hydrogen-bond acceptors (Lipinski definition) is 5. The maximum absolute atomic E-state index is 6.09. The summed E-state index contributed by atoms with van der Waals surface area (Å²) in [6.45, 7) is 4.16. The average molecular weight is 312 g/mol. The van der Waals surface area contributed by atoms with Crippen LogP contribution in [0.2, 0.25) is 10.0 Å². The molecule has 7 heteroatoms. The van der Waals surface area contributed by atoms with Gasteiger partial charge in [-0.3, -0.25) is 0 Å². The van der Waals surface area contributed by atoms with E-state index in [4.69, 9.17) is 23.2 Å². The van der Waals surface area contributed by atoms with Gasteiger partial charge in [-0.05, 0) is 25.5 Å². The van der Waals surface area contributed by atoms with E-state index in [0.717, 1.165) is 6.42 Å². The summed E-state index contributed by atoms with van der Waals surface area (Å²) in [7, 11) is 0. The van der Waals surface area contributed by atoms with Crippen LogP contribution in [0.1, 0.15) is 20.3 Å². The Morgan fingerprint density at radius 1 is 1.25 bits per heavy atom. The SMILES string of the molecule is CCC(C)Nc1cnnc(Nc2c(Cl)cccc2Cl)n1. The number of hydrogen-bond donors (Lipinski definition) is 2. The number of nitrogens with zero attached hydrogens (tertiary/aromatic N) is 3. The molecule has 106 valence electrons. The zero-order chi connectivity index (χ0) is 14.5. The van der Waals surface area contributed by atoms with Gasteiger partial charge in [-0.15, -0.1) is 5.10 Å². The maximum Gasteiger partial charge on any atom is 0.249 e. The van der Waals surface area contributed by atoms with Gasteiger partial charge < -0.3 is 10.6 Å². The minimum absolute atomic E-state index is 0.309. The first-order chi connectivity index (χ1) is 9.60. The van der Waals surface area contributed by atoms with Crippen LogP contribution in [0.3, 0.4) is 0 Å². The number of nitrogens with one attached hydrogen (secondary N) is 2. The summed E-state index contributed by atoms with van der Waals surface area (Å²) in [5.74, 6) is 0.994. The van der Waals surface area contributed by atoms with E-state index in [1.54, 1.807) is 24.4 Å². The maximum atomic E-state index is 6.09. The van der Waals surface area contributed by atoms with E-state index in [2.05, 4.69) is 39.7 Å². The third-order valence-corrected chi connectivity index (χ3v) is 3.39. The highest BCUT2D eigenvalue weighted by molar-refractivity contribution is 6.39. The number of benzene rings is 1. The normalized spacial score (nSPS) is 12.0. The monoisotopic (exact) mass is 311 g/mol. The summed E-state index contributed by atoms with van der Waals surface area (Å²) >= 11 is 12.2. The quantitative estimate of drug-likeness (QED) is 0.869. The number of aromatic nitrogens is 3. The fourth-order valence-electron chi connectivity index (χ4n) is 1.51. The highest BCUT2D eigenvalue weighted by Crippen LogP contribution is 2.31. The van der Waals surface area contributed by atoms with Crippen molar-refractivity contribution in [2.45, 2.75) is 26.3 Å². The minimum atomic E-state index is 0.309. The molecule has 1 unspecified atom stereocenters. The van der Waals surface area contributed by atoms with Gasteiger partial charge in [0.25, 0.3) is 0 Å². The molecule has 20 heavy (non-hydrogen) atoms. The molecule has 5 nitrogen and oxygen atoms in total. The number of anilines is 3. The van der Waals surface area contributed by atoms with Crippen molar-refractivity contribution in [1.82, 2.24) is 15.2 Å². The summed E-state index contributed by atoms with van der Waals surface area (Å²) in [6, 6.07) is 5.56. The zero-order valence-corrected chi connectivity index (χ0v) is 12.7. The molecule has 0 spiro atoms. The van der Waals surface area contributed by atoms with Crippen molar-refractivity contribution in [1.29, 1.82) is 0 Å². The Morgan fingerprint density at radius 3 is 2.60 bits per heavy atom. The van der Waals surface area contributed by atoms with E-state index in [1.165, 1.54) is 0 Å². The molecule has 0 radical (unpaired) electrons. The Hall–Kier alpha value is -1.59. The molecule has 0 saturated carbocycles. The molecule has 0 aliphatic heterocycles. The predicted molar refractivity (Wildman–Crippen MR) is 82.9 cm³/mol. The predicted octanol–water partition coefficient (Wildman–Crippen LogP) is 4.13. The lowest BCUT2D eigenvalue weighted by Crippen LogP contribution is -2.15. The molecule has 0 fully saturated rings. The topological polar surface area (TPSA) is 62.7 Å². The summed E-state index contributed by atoms with van der Waals surface area (Å²) in [5, 5.41) is 15.0. The van der Waals surface area contributed by atoms with E-state index in [-0.39, 0.29) is 0 Å². The molecule has 1 atom stereocenters. The molecular weight excluding hydrogens is 297 g/mol. The molecule has 2 rings (SSSR count). The summed E-state index contributed by atoms with van der Waals surface area (Å²) in [5.41, 5.74) is 0.568. The van der Waals surface area contributed by atoms with Crippen LogP contribution in [0.4, 0.5) is 17.5 Å². The van der Waals surface area contributed by atoms with E-state index in [9.17, 15) is 0 Å². The fraction of sp³-hybridized carbons (Fsp3) is 0.308. The van der Waals surface area contributed by atoms with Gasteiger partial charge in [0.1, 0.15) is 0 Å². The van der Waals surface area contributed by atoms with Gasteiger partial charge in [0.05, 0.1) is 21.9 Å². The number of para-hydroxylation sites is 1. The number of halogens is 2. The largest absolute Gasteiger partial charge is 0.366 e. The van der Waals surface area contributed by atoms with Crippen molar-refractivity contribution in [3.05, 3.63) is 34.4 Å². The van der Waals surface area contributed by atoms with Crippen LogP contribution < -0.4 is 10.6 Å². The first kappa shape index (κ1) is 14.8. The van der Waals surface area contributed by atoms with Gasteiger partial charge in [0.15, 0.2) is 5.82 Å².